The maximum atomic E-state index is 9.88. The number of aromatic amines is 1. The zero-order valence-electron chi connectivity index (χ0n) is 16.2. The Morgan fingerprint density at radius 2 is 1.83 bits per heavy atom. The van der Waals surface area contributed by atoms with Crippen molar-refractivity contribution in [2.75, 3.05) is 7.11 Å². The molecule has 1 unspecified atom stereocenters. The maximum absolute atomic E-state index is 9.88. The van der Waals surface area contributed by atoms with E-state index in [4.69, 9.17) is 15.2 Å². The van der Waals surface area contributed by atoms with Crippen molar-refractivity contribution in [1.82, 2.24) is 10.2 Å². The van der Waals surface area contributed by atoms with E-state index in [1.54, 1.807) is 7.11 Å². The summed E-state index contributed by atoms with van der Waals surface area (Å²) < 4.78 is 11.3. The van der Waals surface area contributed by atoms with E-state index in [0.717, 1.165) is 33.2 Å². The molecule has 0 bridgehead atoms. The molecule has 3 N–H and O–H groups in total. The fraction of sp³-hybridized carbons (Fsp3) is 0.0833. The highest BCUT2D eigenvalue weighted by Crippen LogP contribution is 2.47. The molecule has 4 aromatic rings. The van der Waals surface area contributed by atoms with Gasteiger partial charge in [0, 0.05) is 11.1 Å². The van der Waals surface area contributed by atoms with Gasteiger partial charge < -0.3 is 15.2 Å². The summed E-state index contributed by atoms with van der Waals surface area (Å²) >= 11 is 0. The predicted molar refractivity (Wildman–Crippen MR) is 114 cm³/mol. The molecule has 1 atom stereocenters. The van der Waals surface area contributed by atoms with Gasteiger partial charge in [0.05, 0.1) is 24.3 Å². The number of methoxy groups -OCH3 is 1. The van der Waals surface area contributed by atoms with Gasteiger partial charge in [0.2, 0.25) is 11.8 Å². The minimum absolute atomic E-state index is 0.0532. The van der Waals surface area contributed by atoms with E-state index in [-0.39, 0.29) is 5.88 Å². The van der Waals surface area contributed by atoms with Gasteiger partial charge >= 0.3 is 0 Å². The fourth-order valence-corrected chi connectivity index (χ4v) is 4.03. The van der Waals surface area contributed by atoms with Crippen LogP contribution >= 0.6 is 0 Å². The Labute approximate surface area is 173 Å². The Bertz CT molecular complexity index is 1350. The van der Waals surface area contributed by atoms with Crippen molar-refractivity contribution in [2.24, 2.45) is 5.73 Å². The Balaban J connectivity index is 1.75. The monoisotopic (exact) mass is 394 g/mol. The zero-order valence-corrected chi connectivity index (χ0v) is 16.2. The molecule has 0 saturated heterocycles. The number of benzene rings is 3. The van der Waals surface area contributed by atoms with Crippen LogP contribution in [-0.4, -0.2) is 17.3 Å². The number of nitriles is 1. The summed E-state index contributed by atoms with van der Waals surface area (Å²) in [6, 6.07) is 24.2. The number of ether oxygens (including phenoxy) is 2. The zero-order chi connectivity index (χ0) is 20.7. The summed E-state index contributed by atoms with van der Waals surface area (Å²) in [7, 11) is 1.61. The molecule has 0 fully saturated rings. The van der Waals surface area contributed by atoms with Crippen LogP contribution in [0.4, 0.5) is 0 Å². The van der Waals surface area contributed by atoms with E-state index in [1.807, 2.05) is 42.5 Å². The average Bonchev–Trinajstić information content (AvgIpc) is 3.21. The summed E-state index contributed by atoms with van der Waals surface area (Å²) in [5.74, 6) is 0.625. The van der Waals surface area contributed by atoms with E-state index in [1.165, 1.54) is 0 Å². The number of aromatic nitrogens is 2. The summed E-state index contributed by atoms with van der Waals surface area (Å²) in [5, 5.41) is 19.6. The molecule has 0 saturated carbocycles. The highest BCUT2D eigenvalue weighted by atomic mass is 16.5. The molecule has 5 rings (SSSR count). The van der Waals surface area contributed by atoms with Crippen molar-refractivity contribution in [3.8, 4) is 29.0 Å². The van der Waals surface area contributed by atoms with E-state index >= 15 is 0 Å². The molecule has 6 nitrogen and oxygen atoms in total. The van der Waals surface area contributed by atoms with Crippen LogP contribution in [0.3, 0.4) is 0 Å². The van der Waals surface area contributed by atoms with Crippen LogP contribution in [0.1, 0.15) is 17.0 Å². The van der Waals surface area contributed by atoms with Gasteiger partial charge in [-0.05, 0) is 22.9 Å². The number of H-pyrrole nitrogens is 1. The number of nitrogens with zero attached hydrogens (tertiary/aromatic N) is 2. The van der Waals surface area contributed by atoms with E-state index in [0.29, 0.717) is 17.2 Å². The van der Waals surface area contributed by atoms with Gasteiger partial charge in [0.1, 0.15) is 17.4 Å². The molecule has 3 aromatic carbocycles. The van der Waals surface area contributed by atoms with Crippen molar-refractivity contribution >= 4 is 10.8 Å². The smallest absolute Gasteiger partial charge is 0.244 e. The summed E-state index contributed by atoms with van der Waals surface area (Å²) in [6.07, 6.45) is 0. The molecule has 0 spiro atoms. The SMILES string of the molecule is COc1ccccc1C1C(C#N)=C(N)Oc2n[nH]c(-c3ccc4ccccc4c3)c21. The normalized spacial score (nSPS) is 15.4. The molecular formula is C24H18N4O2. The number of rotatable bonds is 3. The number of nitrogens with one attached hydrogen (secondary N) is 1. The molecule has 0 radical (unpaired) electrons. The van der Waals surface area contributed by atoms with Crippen molar-refractivity contribution in [2.45, 2.75) is 5.92 Å². The van der Waals surface area contributed by atoms with Gasteiger partial charge in [-0.3, -0.25) is 5.10 Å². The highest BCUT2D eigenvalue weighted by Gasteiger charge is 2.37. The summed E-state index contributed by atoms with van der Waals surface area (Å²) in [4.78, 5) is 0. The Kier molecular flexibility index (Phi) is 4.15. The van der Waals surface area contributed by atoms with Crippen LogP contribution in [0.2, 0.25) is 0 Å². The van der Waals surface area contributed by atoms with Crippen LogP contribution in [0.25, 0.3) is 22.0 Å². The third-order valence-corrected chi connectivity index (χ3v) is 5.43. The Hall–Kier alpha value is -4.24. The molecule has 1 aromatic heterocycles. The van der Waals surface area contributed by atoms with Crippen molar-refractivity contribution < 1.29 is 9.47 Å². The van der Waals surface area contributed by atoms with Crippen molar-refractivity contribution in [3.63, 3.8) is 0 Å². The molecule has 0 aliphatic carbocycles. The van der Waals surface area contributed by atoms with Crippen LogP contribution in [0.15, 0.2) is 78.2 Å². The second kappa shape index (κ2) is 6.98. The first-order valence-corrected chi connectivity index (χ1v) is 9.49. The first kappa shape index (κ1) is 17.8. The first-order valence-electron chi connectivity index (χ1n) is 9.49. The van der Waals surface area contributed by atoms with Crippen LogP contribution in [0.5, 0.6) is 11.6 Å². The van der Waals surface area contributed by atoms with Gasteiger partial charge in [-0.2, -0.15) is 5.26 Å². The molecule has 1 aliphatic rings. The van der Waals surface area contributed by atoms with Crippen molar-refractivity contribution in [1.29, 1.82) is 5.26 Å². The predicted octanol–water partition coefficient (Wildman–Crippen LogP) is 4.46. The topological polar surface area (TPSA) is 96.9 Å². The molecule has 0 amide bonds. The summed E-state index contributed by atoms with van der Waals surface area (Å²) in [5.41, 5.74) is 9.74. The van der Waals surface area contributed by atoms with Gasteiger partial charge in [-0.1, -0.05) is 54.6 Å². The lowest BCUT2D eigenvalue weighted by atomic mass is 9.82. The summed E-state index contributed by atoms with van der Waals surface area (Å²) in [6.45, 7) is 0. The second-order valence-corrected chi connectivity index (χ2v) is 7.05. The molecule has 30 heavy (non-hydrogen) atoms. The van der Waals surface area contributed by atoms with Gasteiger partial charge in [-0.15, -0.1) is 5.10 Å². The first-order chi connectivity index (χ1) is 14.7. The van der Waals surface area contributed by atoms with Crippen LogP contribution < -0.4 is 15.2 Å². The number of hydrogen-bond donors (Lipinski definition) is 2. The lowest BCUT2D eigenvalue weighted by Gasteiger charge is -2.25. The van der Waals surface area contributed by atoms with E-state index in [9.17, 15) is 5.26 Å². The Morgan fingerprint density at radius 3 is 2.63 bits per heavy atom. The second-order valence-electron chi connectivity index (χ2n) is 7.05. The third kappa shape index (κ3) is 2.68. The number of nitrogens with two attached hydrogens (primary N) is 1. The molecule has 146 valence electrons. The molecular weight excluding hydrogens is 376 g/mol. The number of fused-ring (bicyclic) bond motifs is 2. The van der Waals surface area contributed by atoms with Crippen LogP contribution in [0, 0.1) is 11.3 Å². The maximum Gasteiger partial charge on any atom is 0.244 e. The molecule has 6 heteroatoms. The minimum atomic E-state index is -0.463. The van der Waals surface area contributed by atoms with Crippen molar-refractivity contribution in [3.05, 3.63) is 89.3 Å². The largest absolute Gasteiger partial charge is 0.496 e. The van der Waals surface area contributed by atoms with Gasteiger partial charge in [0.25, 0.3) is 0 Å². The standard InChI is InChI=1S/C24H18N4O2/c1-29-19-9-5-4-8-17(19)20-18(13-25)23(26)30-24-21(20)22(27-28-24)16-11-10-14-6-2-3-7-15(14)12-16/h2-12,20H,26H2,1H3,(H,27,28). The number of hydrogen-bond acceptors (Lipinski definition) is 5. The lowest BCUT2D eigenvalue weighted by molar-refractivity contribution is 0.375. The quantitative estimate of drug-likeness (QED) is 0.535. The van der Waals surface area contributed by atoms with E-state index < -0.39 is 5.92 Å². The van der Waals surface area contributed by atoms with Gasteiger partial charge in [-0.25, -0.2) is 0 Å². The molecule has 1 aliphatic heterocycles. The number of para-hydroxylation sites is 1. The van der Waals surface area contributed by atoms with E-state index in [2.05, 4.69) is 40.5 Å². The Morgan fingerprint density at radius 1 is 1.07 bits per heavy atom. The average molecular weight is 394 g/mol. The lowest BCUT2D eigenvalue weighted by Crippen LogP contribution is -2.21. The third-order valence-electron chi connectivity index (χ3n) is 5.43. The van der Waals surface area contributed by atoms with Crippen LogP contribution in [-0.2, 0) is 0 Å². The number of allylic oxidation sites excluding steroid dienone is 1. The minimum Gasteiger partial charge on any atom is -0.496 e. The van der Waals surface area contributed by atoms with Gasteiger partial charge in [0.15, 0.2) is 0 Å². The molecule has 2 heterocycles. The highest BCUT2D eigenvalue weighted by molar-refractivity contribution is 5.87. The fourth-order valence-electron chi connectivity index (χ4n) is 4.03.